The van der Waals surface area contributed by atoms with E-state index in [-0.39, 0.29) is 0 Å². The third-order valence-electron chi connectivity index (χ3n) is 4.30. The summed E-state index contributed by atoms with van der Waals surface area (Å²) in [7, 11) is 0. The summed E-state index contributed by atoms with van der Waals surface area (Å²) in [6.07, 6.45) is 11.3. The molecule has 0 saturated carbocycles. The summed E-state index contributed by atoms with van der Waals surface area (Å²) < 4.78 is 0. The van der Waals surface area contributed by atoms with E-state index < -0.39 is 0 Å². The molecule has 0 spiro atoms. The van der Waals surface area contributed by atoms with E-state index in [1.54, 1.807) is 0 Å². The summed E-state index contributed by atoms with van der Waals surface area (Å²) >= 11 is 6.03. The molecular formula is C24H16Cl+. The lowest BCUT2D eigenvalue weighted by molar-refractivity contribution is 1.54. The first-order chi connectivity index (χ1) is 12.3. The molecule has 0 fully saturated rings. The van der Waals surface area contributed by atoms with Crippen LogP contribution in [0.3, 0.4) is 0 Å². The number of benzene rings is 3. The van der Waals surface area contributed by atoms with Crippen LogP contribution in [0.5, 0.6) is 0 Å². The average Bonchev–Trinajstić information content (AvgIpc) is 2.69. The summed E-state index contributed by atoms with van der Waals surface area (Å²) in [5, 5.41) is 0.752. The van der Waals surface area contributed by atoms with Crippen LogP contribution in [0, 0.1) is 6.08 Å². The van der Waals surface area contributed by atoms with Crippen molar-refractivity contribution in [1.29, 1.82) is 0 Å². The maximum atomic E-state index is 6.03. The van der Waals surface area contributed by atoms with E-state index in [4.69, 9.17) is 11.6 Å². The van der Waals surface area contributed by atoms with Gasteiger partial charge in [0.2, 0.25) is 0 Å². The summed E-state index contributed by atoms with van der Waals surface area (Å²) in [5.41, 5.74) is 7.13. The number of rotatable bonds is 3. The van der Waals surface area contributed by atoms with Crippen molar-refractivity contribution in [3.05, 3.63) is 114 Å². The van der Waals surface area contributed by atoms with Gasteiger partial charge >= 0.3 is 0 Å². The Morgan fingerprint density at radius 2 is 1.44 bits per heavy atom. The second kappa shape index (κ2) is 6.91. The van der Waals surface area contributed by atoms with Crippen LogP contribution in [0.15, 0.2) is 97.1 Å². The lowest BCUT2D eigenvalue weighted by Gasteiger charge is -2.11. The maximum Gasteiger partial charge on any atom is 0.111 e. The summed E-state index contributed by atoms with van der Waals surface area (Å²) in [6, 6.07) is 25.1. The number of halogens is 1. The van der Waals surface area contributed by atoms with Gasteiger partial charge < -0.3 is 0 Å². The molecule has 0 atom stereocenters. The Hall–Kier alpha value is -2.92. The summed E-state index contributed by atoms with van der Waals surface area (Å²) in [6.45, 7) is 0. The fraction of sp³-hybridized carbons (Fsp3) is 0. The minimum Gasteiger partial charge on any atom is -0.0843 e. The van der Waals surface area contributed by atoms with Crippen LogP contribution in [0.1, 0.15) is 5.56 Å². The second-order valence-corrected chi connectivity index (χ2v) is 6.36. The van der Waals surface area contributed by atoms with Gasteiger partial charge in [-0.05, 0) is 34.9 Å². The van der Waals surface area contributed by atoms with Crippen molar-refractivity contribution < 1.29 is 0 Å². The molecule has 0 aromatic heterocycles. The van der Waals surface area contributed by atoms with E-state index in [9.17, 15) is 0 Å². The molecule has 0 N–H and O–H groups in total. The van der Waals surface area contributed by atoms with Crippen LogP contribution in [-0.2, 0) is 0 Å². The molecular weight excluding hydrogens is 324 g/mol. The van der Waals surface area contributed by atoms with Crippen molar-refractivity contribution in [2.75, 3.05) is 0 Å². The van der Waals surface area contributed by atoms with Crippen molar-refractivity contribution in [2.45, 2.75) is 0 Å². The van der Waals surface area contributed by atoms with E-state index in [0.717, 1.165) is 16.2 Å². The topological polar surface area (TPSA) is 0 Å². The number of allylic oxidation sites excluding steroid dienone is 6. The molecule has 118 valence electrons. The van der Waals surface area contributed by atoms with Gasteiger partial charge in [0.15, 0.2) is 0 Å². The first kappa shape index (κ1) is 15.6. The Kier molecular flexibility index (Phi) is 4.31. The minimum atomic E-state index is 0.752. The molecule has 0 radical (unpaired) electrons. The van der Waals surface area contributed by atoms with Crippen LogP contribution < -0.4 is 0 Å². The van der Waals surface area contributed by atoms with Gasteiger partial charge in [-0.3, -0.25) is 0 Å². The van der Waals surface area contributed by atoms with Crippen molar-refractivity contribution in [2.24, 2.45) is 0 Å². The molecule has 0 heterocycles. The third kappa shape index (κ3) is 3.32. The molecule has 0 aliphatic heterocycles. The molecule has 25 heavy (non-hydrogen) atoms. The highest BCUT2D eigenvalue weighted by molar-refractivity contribution is 6.30. The molecule has 0 nitrogen and oxygen atoms in total. The van der Waals surface area contributed by atoms with Gasteiger partial charge in [0.05, 0.1) is 11.6 Å². The molecule has 3 aromatic rings. The molecule has 1 aliphatic carbocycles. The zero-order valence-electron chi connectivity index (χ0n) is 13.6. The van der Waals surface area contributed by atoms with Gasteiger partial charge in [-0.2, -0.15) is 0 Å². The number of hydrogen-bond acceptors (Lipinski definition) is 0. The average molecular weight is 340 g/mol. The Morgan fingerprint density at radius 1 is 0.680 bits per heavy atom. The van der Waals surface area contributed by atoms with Crippen LogP contribution >= 0.6 is 11.6 Å². The summed E-state index contributed by atoms with van der Waals surface area (Å²) in [4.78, 5) is 0. The Labute approximate surface area is 153 Å². The van der Waals surface area contributed by atoms with Gasteiger partial charge in [-0.15, -0.1) is 0 Å². The Balaban J connectivity index is 1.88. The Morgan fingerprint density at radius 3 is 2.16 bits per heavy atom. The van der Waals surface area contributed by atoms with E-state index >= 15 is 0 Å². The van der Waals surface area contributed by atoms with E-state index in [2.05, 4.69) is 66.7 Å². The lowest BCUT2D eigenvalue weighted by atomic mass is 9.90. The van der Waals surface area contributed by atoms with E-state index in [0.29, 0.717) is 0 Å². The molecule has 0 unspecified atom stereocenters. The first-order valence-corrected chi connectivity index (χ1v) is 8.61. The van der Waals surface area contributed by atoms with Crippen LogP contribution in [0.25, 0.3) is 27.8 Å². The van der Waals surface area contributed by atoms with Gasteiger partial charge in [0, 0.05) is 28.3 Å². The molecule has 3 aromatic carbocycles. The lowest BCUT2D eigenvalue weighted by Crippen LogP contribution is -1.91. The van der Waals surface area contributed by atoms with Crippen molar-refractivity contribution >= 4 is 17.2 Å². The monoisotopic (exact) mass is 339 g/mol. The molecule has 0 saturated heterocycles. The van der Waals surface area contributed by atoms with Crippen molar-refractivity contribution in [1.82, 2.24) is 0 Å². The molecule has 0 amide bonds. The highest BCUT2D eigenvalue weighted by atomic mass is 35.5. The highest BCUT2D eigenvalue weighted by Crippen LogP contribution is 2.34. The third-order valence-corrected chi connectivity index (χ3v) is 4.55. The largest absolute Gasteiger partial charge is 0.111 e. The van der Waals surface area contributed by atoms with Gasteiger partial charge in [-0.25, -0.2) is 0 Å². The zero-order chi connectivity index (χ0) is 17.1. The molecule has 1 heteroatoms. The van der Waals surface area contributed by atoms with Gasteiger partial charge in [0.1, 0.15) is 12.2 Å². The van der Waals surface area contributed by atoms with Gasteiger partial charge in [0.25, 0.3) is 0 Å². The number of hydrogen-bond donors (Lipinski definition) is 0. The zero-order valence-corrected chi connectivity index (χ0v) is 14.4. The maximum absolute atomic E-state index is 6.03. The van der Waals surface area contributed by atoms with E-state index in [1.807, 2.05) is 36.4 Å². The fourth-order valence-electron chi connectivity index (χ4n) is 3.04. The minimum absolute atomic E-state index is 0.752. The summed E-state index contributed by atoms with van der Waals surface area (Å²) in [5.74, 6) is 0. The standard InChI is InChI=1S/C24H16Cl/c25-22-14-11-18(12-15-22)21-13-16-23(19-7-3-1-4-8-19)24(17-21)20-9-5-2-6-10-20/h1-5,7-17H/q+1. The van der Waals surface area contributed by atoms with Crippen LogP contribution in [0.4, 0.5) is 0 Å². The van der Waals surface area contributed by atoms with Crippen molar-refractivity contribution in [3.8, 4) is 22.3 Å². The predicted molar refractivity (Wildman–Crippen MR) is 107 cm³/mol. The van der Waals surface area contributed by atoms with E-state index in [1.165, 1.54) is 22.3 Å². The molecule has 1 aliphatic rings. The first-order valence-electron chi connectivity index (χ1n) is 8.23. The molecule has 4 rings (SSSR count). The van der Waals surface area contributed by atoms with Crippen molar-refractivity contribution in [3.63, 3.8) is 0 Å². The predicted octanol–water partition coefficient (Wildman–Crippen LogP) is 6.99. The van der Waals surface area contributed by atoms with Gasteiger partial charge in [-0.1, -0.05) is 66.2 Å². The van der Waals surface area contributed by atoms with Crippen LogP contribution in [0.2, 0.25) is 5.02 Å². The highest BCUT2D eigenvalue weighted by Gasteiger charge is 2.15. The quantitative estimate of drug-likeness (QED) is 0.451. The normalized spacial score (nSPS) is 12.6. The van der Waals surface area contributed by atoms with Crippen LogP contribution in [-0.4, -0.2) is 0 Å². The molecule has 0 bridgehead atoms. The smallest absolute Gasteiger partial charge is 0.0843 e. The fourth-order valence-corrected chi connectivity index (χ4v) is 3.16. The SMILES string of the molecule is Clc1ccc(-c2ccc(-c3ccccc3)c(C3=CC=C[C+]=C3)c2)cc1. The Bertz CT molecular complexity index is 974. The second-order valence-electron chi connectivity index (χ2n) is 5.93.